The van der Waals surface area contributed by atoms with Gasteiger partial charge in [-0.3, -0.25) is 0 Å². The van der Waals surface area contributed by atoms with Gasteiger partial charge >= 0.3 is 0 Å². The number of morpholine rings is 1. The number of hydrogen-bond donors (Lipinski definition) is 1. The van der Waals surface area contributed by atoms with Crippen molar-refractivity contribution in [2.45, 2.75) is 37.8 Å². The minimum absolute atomic E-state index is 0.312. The summed E-state index contributed by atoms with van der Waals surface area (Å²) in [6, 6.07) is 6.13. The van der Waals surface area contributed by atoms with Crippen LogP contribution in [0.15, 0.2) is 12.1 Å². The molecule has 1 aromatic heterocycles. The van der Waals surface area contributed by atoms with Crippen molar-refractivity contribution in [3.63, 3.8) is 0 Å². The Morgan fingerprint density at radius 1 is 1.37 bits per heavy atom. The number of ether oxygens (including phenoxy) is 1. The second-order valence-electron chi connectivity index (χ2n) is 5.17. The van der Waals surface area contributed by atoms with Crippen LogP contribution in [0.4, 0.5) is 11.5 Å². The molecule has 1 aromatic rings. The number of rotatable bonds is 1. The van der Waals surface area contributed by atoms with Gasteiger partial charge in [-0.2, -0.15) is 5.26 Å². The van der Waals surface area contributed by atoms with Gasteiger partial charge in [-0.15, -0.1) is 0 Å². The van der Waals surface area contributed by atoms with Gasteiger partial charge in [0.25, 0.3) is 0 Å². The number of nitrogens with two attached hydrogens (primary N) is 1. The van der Waals surface area contributed by atoms with Crippen LogP contribution in [0.3, 0.4) is 0 Å². The van der Waals surface area contributed by atoms with Gasteiger partial charge < -0.3 is 15.4 Å². The maximum atomic E-state index is 9.04. The van der Waals surface area contributed by atoms with E-state index in [4.69, 9.17) is 15.7 Å². The molecule has 5 nitrogen and oxygen atoms in total. The number of nitrogen functional groups attached to an aromatic ring is 1. The van der Waals surface area contributed by atoms with Crippen molar-refractivity contribution in [3.8, 4) is 6.07 Å². The molecule has 2 fully saturated rings. The SMILES string of the molecule is N#Cc1nc(N2CCOC3CCCCC32)ccc1N. The molecule has 5 heteroatoms. The first-order chi connectivity index (χ1) is 9.29. The molecule has 2 atom stereocenters. The summed E-state index contributed by atoms with van der Waals surface area (Å²) >= 11 is 0. The van der Waals surface area contributed by atoms with Crippen molar-refractivity contribution in [2.24, 2.45) is 0 Å². The highest BCUT2D eigenvalue weighted by Crippen LogP contribution is 2.31. The Morgan fingerprint density at radius 3 is 3.05 bits per heavy atom. The molecule has 1 saturated heterocycles. The molecule has 1 saturated carbocycles. The minimum Gasteiger partial charge on any atom is -0.396 e. The van der Waals surface area contributed by atoms with Crippen molar-refractivity contribution < 1.29 is 4.74 Å². The van der Waals surface area contributed by atoms with Gasteiger partial charge in [-0.1, -0.05) is 12.8 Å². The topological polar surface area (TPSA) is 75.2 Å². The zero-order valence-corrected chi connectivity index (χ0v) is 10.9. The Kier molecular flexibility index (Phi) is 3.26. The largest absolute Gasteiger partial charge is 0.396 e. The zero-order chi connectivity index (χ0) is 13.2. The highest BCUT2D eigenvalue weighted by atomic mass is 16.5. The number of anilines is 2. The Morgan fingerprint density at radius 2 is 2.21 bits per heavy atom. The first kappa shape index (κ1) is 12.2. The quantitative estimate of drug-likeness (QED) is 0.829. The van der Waals surface area contributed by atoms with E-state index in [9.17, 15) is 0 Å². The lowest BCUT2D eigenvalue weighted by Gasteiger charge is -2.44. The third-order valence-electron chi connectivity index (χ3n) is 4.04. The van der Waals surface area contributed by atoms with Crippen LogP contribution < -0.4 is 10.6 Å². The van der Waals surface area contributed by atoms with Gasteiger partial charge in [-0.05, 0) is 25.0 Å². The lowest BCUT2D eigenvalue weighted by molar-refractivity contribution is -0.00898. The van der Waals surface area contributed by atoms with E-state index in [1.165, 1.54) is 12.8 Å². The van der Waals surface area contributed by atoms with Crippen molar-refractivity contribution in [3.05, 3.63) is 17.8 Å². The smallest absolute Gasteiger partial charge is 0.165 e. The normalized spacial score (nSPS) is 26.6. The summed E-state index contributed by atoms with van der Waals surface area (Å²) in [4.78, 5) is 6.68. The molecular weight excluding hydrogens is 240 g/mol. The van der Waals surface area contributed by atoms with E-state index in [1.54, 1.807) is 6.07 Å². The standard InChI is InChI=1S/C14H18N4O/c15-9-11-10(16)5-6-14(17-11)18-7-8-19-13-4-2-1-3-12(13)18/h5-6,12-13H,1-4,7-8,16H2. The van der Waals surface area contributed by atoms with Crippen LogP contribution >= 0.6 is 0 Å². The second-order valence-corrected chi connectivity index (χ2v) is 5.17. The van der Waals surface area contributed by atoms with E-state index in [0.717, 1.165) is 31.8 Å². The van der Waals surface area contributed by atoms with Crippen LogP contribution in [0.5, 0.6) is 0 Å². The maximum absolute atomic E-state index is 9.04. The number of nitriles is 1. The molecule has 0 bridgehead atoms. The van der Waals surface area contributed by atoms with E-state index in [2.05, 4.69) is 16.0 Å². The fourth-order valence-electron chi connectivity index (χ4n) is 3.09. The second kappa shape index (κ2) is 5.06. The van der Waals surface area contributed by atoms with Crippen LogP contribution in [-0.2, 0) is 4.74 Å². The van der Waals surface area contributed by atoms with Crippen molar-refractivity contribution >= 4 is 11.5 Å². The van der Waals surface area contributed by atoms with E-state index in [1.807, 2.05) is 6.07 Å². The number of hydrogen-bond acceptors (Lipinski definition) is 5. The molecule has 0 radical (unpaired) electrons. The van der Waals surface area contributed by atoms with Gasteiger partial charge in [0.15, 0.2) is 5.69 Å². The Hall–Kier alpha value is -1.80. The van der Waals surface area contributed by atoms with E-state index in [-0.39, 0.29) is 0 Å². The summed E-state index contributed by atoms with van der Waals surface area (Å²) in [5.74, 6) is 0.853. The summed E-state index contributed by atoms with van der Waals surface area (Å²) < 4.78 is 5.85. The predicted molar refractivity (Wildman–Crippen MR) is 72.7 cm³/mol. The van der Waals surface area contributed by atoms with E-state index >= 15 is 0 Å². The molecule has 0 aromatic carbocycles. The number of pyridine rings is 1. The third-order valence-corrected chi connectivity index (χ3v) is 4.04. The molecule has 2 aliphatic rings. The summed E-state index contributed by atoms with van der Waals surface area (Å²) in [6.07, 6.45) is 5.06. The van der Waals surface area contributed by atoms with Gasteiger partial charge in [0.1, 0.15) is 11.9 Å². The van der Waals surface area contributed by atoms with Gasteiger partial charge in [-0.25, -0.2) is 4.98 Å². The van der Waals surface area contributed by atoms with E-state index in [0.29, 0.717) is 23.5 Å². The molecule has 2 N–H and O–H groups in total. The Bertz CT molecular complexity index is 509. The van der Waals surface area contributed by atoms with Crippen molar-refractivity contribution in [1.82, 2.24) is 4.98 Å². The van der Waals surface area contributed by atoms with Gasteiger partial charge in [0.05, 0.1) is 24.4 Å². The number of aromatic nitrogens is 1. The molecule has 1 aliphatic carbocycles. The molecule has 0 spiro atoms. The van der Waals surface area contributed by atoms with Crippen LogP contribution in [0.1, 0.15) is 31.4 Å². The molecule has 100 valence electrons. The average molecular weight is 258 g/mol. The number of fused-ring (bicyclic) bond motifs is 1. The van der Waals surface area contributed by atoms with Crippen LogP contribution in [-0.4, -0.2) is 30.3 Å². The predicted octanol–water partition coefficient (Wildman–Crippen LogP) is 1.68. The Balaban J connectivity index is 1.90. The average Bonchev–Trinajstić information content (AvgIpc) is 2.47. The maximum Gasteiger partial charge on any atom is 0.165 e. The van der Waals surface area contributed by atoms with Crippen LogP contribution in [0, 0.1) is 11.3 Å². The summed E-state index contributed by atoms with van der Waals surface area (Å²) in [5, 5.41) is 9.04. The summed E-state index contributed by atoms with van der Waals surface area (Å²) in [6.45, 7) is 1.57. The van der Waals surface area contributed by atoms with Crippen molar-refractivity contribution in [2.75, 3.05) is 23.8 Å². The van der Waals surface area contributed by atoms with Gasteiger partial charge in [0, 0.05) is 6.54 Å². The molecule has 2 unspecified atom stereocenters. The minimum atomic E-state index is 0.312. The zero-order valence-electron chi connectivity index (χ0n) is 10.9. The fraction of sp³-hybridized carbons (Fsp3) is 0.571. The fourth-order valence-corrected chi connectivity index (χ4v) is 3.09. The first-order valence-electron chi connectivity index (χ1n) is 6.84. The molecule has 1 aliphatic heterocycles. The molecular formula is C14H18N4O. The van der Waals surface area contributed by atoms with Gasteiger partial charge in [0.2, 0.25) is 0 Å². The monoisotopic (exact) mass is 258 g/mol. The highest BCUT2D eigenvalue weighted by molar-refractivity contribution is 5.56. The highest BCUT2D eigenvalue weighted by Gasteiger charge is 2.34. The van der Waals surface area contributed by atoms with E-state index < -0.39 is 0 Å². The molecule has 2 heterocycles. The van der Waals surface area contributed by atoms with Crippen molar-refractivity contribution in [1.29, 1.82) is 5.26 Å². The molecule has 0 amide bonds. The Labute approximate surface area is 113 Å². The molecule has 19 heavy (non-hydrogen) atoms. The molecule has 3 rings (SSSR count). The summed E-state index contributed by atoms with van der Waals surface area (Å²) in [5.41, 5.74) is 6.49. The number of nitrogens with zero attached hydrogens (tertiary/aromatic N) is 3. The van der Waals surface area contributed by atoms with Crippen LogP contribution in [0.2, 0.25) is 0 Å². The lowest BCUT2D eigenvalue weighted by Crippen LogP contribution is -2.53. The van der Waals surface area contributed by atoms with Crippen LogP contribution in [0.25, 0.3) is 0 Å². The summed E-state index contributed by atoms with van der Waals surface area (Å²) in [7, 11) is 0. The lowest BCUT2D eigenvalue weighted by atomic mass is 9.90. The third kappa shape index (κ3) is 2.24. The first-order valence-corrected chi connectivity index (χ1v) is 6.84.